The quantitative estimate of drug-likeness (QED) is 0.760. The number of hydrogen-bond donors (Lipinski definition) is 1. The number of methoxy groups -OCH3 is 1. The number of ether oxygens (including phenoxy) is 2. The Hall–Kier alpha value is -1.64. The van der Waals surface area contributed by atoms with E-state index < -0.39 is 16.0 Å². The summed E-state index contributed by atoms with van der Waals surface area (Å²) in [4.78, 5) is 10.8. The van der Waals surface area contributed by atoms with Crippen LogP contribution in [-0.2, 0) is 14.8 Å². The van der Waals surface area contributed by atoms with E-state index in [1.165, 1.54) is 19.2 Å². The highest BCUT2D eigenvalue weighted by Gasteiger charge is 2.21. The molecule has 1 aliphatic heterocycles. The van der Waals surface area contributed by atoms with Gasteiger partial charge in [0.25, 0.3) is 0 Å². The summed E-state index contributed by atoms with van der Waals surface area (Å²) in [7, 11) is -2.51. The van der Waals surface area contributed by atoms with Crippen LogP contribution in [0.25, 0.3) is 0 Å². The van der Waals surface area contributed by atoms with E-state index in [0.717, 1.165) is 18.9 Å². The fraction of sp³-hybridized carbons (Fsp3) is 0.462. The lowest BCUT2D eigenvalue weighted by molar-refractivity contribution is -0.255. The zero-order valence-electron chi connectivity index (χ0n) is 11.5. The van der Waals surface area contributed by atoms with Crippen molar-refractivity contribution in [2.45, 2.75) is 23.8 Å². The van der Waals surface area contributed by atoms with Crippen LogP contribution < -0.4 is 14.6 Å². The lowest BCUT2D eigenvalue weighted by Gasteiger charge is -2.14. The molecule has 0 saturated carbocycles. The molecule has 1 aromatic rings. The van der Waals surface area contributed by atoms with Crippen LogP contribution in [-0.4, -0.2) is 40.8 Å². The average molecular weight is 314 g/mol. The van der Waals surface area contributed by atoms with Gasteiger partial charge in [-0.3, -0.25) is 0 Å². The third-order valence-corrected chi connectivity index (χ3v) is 4.65. The SMILES string of the molecule is COc1ccc(S(=O)(=O)NCC2CCCO2)cc1C(=O)[O-]. The van der Waals surface area contributed by atoms with Gasteiger partial charge in [0.2, 0.25) is 10.0 Å². The van der Waals surface area contributed by atoms with Crippen LogP contribution in [0.4, 0.5) is 0 Å². The Labute approximate surface area is 122 Å². The first-order valence-corrected chi connectivity index (χ1v) is 7.93. The third kappa shape index (κ3) is 3.72. The van der Waals surface area contributed by atoms with Crippen LogP contribution in [0.3, 0.4) is 0 Å². The molecule has 1 aliphatic rings. The number of carboxylic acids is 1. The molecule has 1 saturated heterocycles. The molecule has 8 heteroatoms. The molecule has 0 amide bonds. The summed E-state index contributed by atoms with van der Waals surface area (Å²) >= 11 is 0. The second-order valence-corrected chi connectivity index (χ2v) is 6.40. The standard InChI is InChI=1S/C13H17NO6S/c1-19-12-5-4-10(7-11(12)13(15)16)21(17,18)14-8-9-3-2-6-20-9/h4-5,7,9,14H,2-3,6,8H2,1H3,(H,15,16)/p-1. The normalized spacial score (nSPS) is 18.6. The highest BCUT2D eigenvalue weighted by Crippen LogP contribution is 2.22. The second-order valence-electron chi connectivity index (χ2n) is 4.64. The van der Waals surface area contributed by atoms with Crippen LogP contribution in [0.1, 0.15) is 23.2 Å². The molecule has 0 aromatic heterocycles. The summed E-state index contributed by atoms with van der Waals surface area (Å²) in [5.74, 6) is -1.45. The predicted molar refractivity (Wildman–Crippen MR) is 71.5 cm³/mol. The largest absolute Gasteiger partial charge is 0.545 e. The molecule has 1 unspecified atom stereocenters. The molecule has 0 aliphatic carbocycles. The van der Waals surface area contributed by atoms with E-state index in [9.17, 15) is 18.3 Å². The maximum Gasteiger partial charge on any atom is 0.240 e. The number of sulfonamides is 1. The van der Waals surface area contributed by atoms with E-state index in [1.54, 1.807) is 0 Å². The van der Waals surface area contributed by atoms with E-state index in [0.29, 0.717) is 6.61 Å². The van der Waals surface area contributed by atoms with Crippen molar-refractivity contribution in [3.63, 3.8) is 0 Å². The summed E-state index contributed by atoms with van der Waals surface area (Å²) in [6.45, 7) is 0.790. The molecule has 116 valence electrons. The number of hydrogen-bond acceptors (Lipinski definition) is 6. The fourth-order valence-electron chi connectivity index (χ4n) is 2.11. The van der Waals surface area contributed by atoms with Crippen molar-refractivity contribution in [3.05, 3.63) is 23.8 Å². The van der Waals surface area contributed by atoms with E-state index in [2.05, 4.69) is 4.72 Å². The minimum atomic E-state index is -3.81. The summed E-state index contributed by atoms with van der Waals surface area (Å²) in [6, 6.07) is 3.58. The molecule has 1 N–H and O–H groups in total. The number of carboxylic acid groups (broad SMARTS) is 1. The number of aromatic carboxylic acids is 1. The fourth-order valence-corrected chi connectivity index (χ4v) is 3.20. The molecule has 1 atom stereocenters. The van der Waals surface area contributed by atoms with Gasteiger partial charge >= 0.3 is 0 Å². The Kier molecular flexibility index (Phi) is 4.81. The van der Waals surface area contributed by atoms with Gasteiger partial charge in [-0.25, -0.2) is 13.1 Å². The lowest BCUT2D eigenvalue weighted by Crippen LogP contribution is -2.32. The number of rotatable bonds is 6. The first kappa shape index (κ1) is 15.7. The van der Waals surface area contributed by atoms with Crippen LogP contribution in [0.2, 0.25) is 0 Å². The van der Waals surface area contributed by atoms with Crippen LogP contribution in [0.5, 0.6) is 5.75 Å². The minimum absolute atomic E-state index is 0.0491. The Morgan fingerprint density at radius 3 is 2.86 bits per heavy atom. The van der Waals surface area contributed by atoms with Crippen molar-refractivity contribution in [2.75, 3.05) is 20.3 Å². The molecular weight excluding hydrogens is 298 g/mol. The highest BCUT2D eigenvalue weighted by atomic mass is 32.2. The van der Waals surface area contributed by atoms with Gasteiger partial charge in [-0.15, -0.1) is 0 Å². The minimum Gasteiger partial charge on any atom is -0.545 e. The Morgan fingerprint density at radius 2 is 2.29 bits per heavy atom. The molecular formula is C13H16NO6S-. The van der Waals surface area contributed by atoms with Crippen molar-refractivity contribution >= 4 is 16.0 Å². The second kappa shape index (κ2) is 6.42. The average Bonchev–Trinajstić information content (AvgIpc) is 2.97. The summed E-state index contributed by atoms with van der Waals surface area (Å²) < 4.78 is 36.9. The smallest absolute Gasteiger partial charge is 0.240 e. The molecule has 0 radical (unpaired) electrons. The number of carbonyl (C=O) groups excluding carboxylic acids is 1. The molecule has 1 heterocycles. The van der Waals surface area contributed by atoms with Crippen molar-refractivity contribution < 1.29 is 27.8 Å². The van der Waals surface area contributed by atoms with Crippen molar-refractivity contribution in [1.82, 2.24) is 4.72 Å². The molecule has 7 nitrogen and oxygen atoms in total. The van der Waals surface area contributed by atoms with Gasteiger partial charge in [-0.05, 0) is 31.0 Å². The van der Waals surface area contributed by atoms with Crippen molar-refractivity contribution in [2.24, 2.45) is 0 Å². The maximum atomic E-state index is 12.1. The third-order valence-electron chi connectivity index (χ3n) is 3.23. The van der Waals surface area contributed by atoms with Gasteiger partial charge in [0, 0.05) is 18.7 Å². The van der Waals surface area contributed by atoms with Gasteiger partial charge in [0.1, 0.15) is 5.75 Å². The van der Waals surface area contributed by atoms with Crippen LogP contribution in [0.15, 0.2) is 23.1 Å². The molecule has 0 spiro atoms. The Balaban J connectivity index is 2.18. The topological polar surface area (TPSA) is 105 Å². The van der Waals surface area contributed by atoms with E-state index >= 15 is 0 Å². The monoisotopic (exact) mass is 314 g/mol. The van der Waals surface area contributed by atoms with Crippen LogP contribution in [0, 0.1) is 0 Å². The Bertz CT molecular complexity index is 622. The number of benzene rings is 1. The molecule has 1 aromatic carbocycles. The summed E-state index contributed by atoms with van der Waals surface area (Å²) in [5, 5.41) is 11.0. The van der Waals surface area contributed by atoms with E-state index in [4.69, 9.17) is 9.47 Å². The molecule has 21 heavy (non-hydrogen) atoms. The lowest BCUT2D eigenvalue weighted by atomic mass is 10.2. The van der Waals surface area contributed by atoms with Crippen LogP contribution >= 0.6 is 0 Å². The van der Waals surface area contributed by atoms with Crippen molar-refractivity contribution in [3.8, 4) is 5.75 Å². The molecule has 2 rings (SSSR count). The first-order chi connectivity index (χ1) is 9.94. The van der Waals surface area contributed by atoms with Gasteiger partial charge < -0.3 is 19.4 Å². The Morgan fingerprint density at radius 1 is 1.52 bits per heavy atom. The maximum absolute atomic E-state index is 12.1. The molecule has 0 bridgehead atoms. The zero-order valence-corrected chi connectivity index (χ0v) is 12.3. The molecule has 1 fully saturated rings. The highest BCUT2D eigenvalue weighted by molar-refractivity contribution is 7.89. The van der Waals surface area contributed by atoms with E-state index in [-0.39, 0.29) is 28.9 Å². The van der Waals surface area contributed by atoms with Gasteiger partial charge in [0.15, 0.2) is 0 Å². The summed E-state index contributed by atoms with van der Waals surface area (Å²) in [5.41, 5.74) is -0.308. The van der Waals surface area contributed by atoms with Gasteiger partial charge in [-0.1, -0.05) is 0 Å². The van der Waals surface area contributed by atoms with Gasteiger partial charge in [-0.2, -0.15) is 0 Å². The summed E-state index contributed by atoms with van der Waals surface area (Å²) in [6.07, 6.45) is 1.57. The number of carbonyl (C=O) groups is 1. The zero-order chi connectivity index (χ0) is 15.5. The van der Waals surface area contributed by atoms with E-state index in [1.807, 2.05) is 0 Å². The first-order valence-electron chi connectivity index (χ1n) is 6.44. The predicted octanol–water partition coefficient (Wildman–Crippen LogP) is -0.484. The van der Waals surface area contributed by atoms with Crippen molar-refractivity contribution in [1.29, 1.82) is 0 Å². The van der Waals surface area contributed by atoms with Gasteiger partial charge in [0.05, 0.1) is 24.1 Å². The number of nitrogens with one attached hydrogen (secondary N) is 1.